The third kappa shape index (κ3) is 4.36. The number of halogens is 2. The van der Waals surface area contributed by atoms with Gasteiger partial charge in [-0.15, -0.1) is 10.2 Å². The van der Waals surface area contributed by atoms with E-state index >= 15 is 0 Å². The lowest BCUT2D eigenvalue weighted by atomic mass is 10.1. The smallest absolute Gasteiger partial charge is 0.222 e. The zero-order chi connectivity index (χ0) is 18.0. The molecular weight excluding hydrogens is 407 g/mol. The van der Waals surface area contributed by atoms with Crippen LogP contribution in [-0.2, 0) is 4.79 Å². The Morgan fingerprint density at radius 1 is 1.44 bits per heavy atom. The summed E-state index contributed by atoms with van der Waals surface area (Å²) < 4.78 is 14.8. The topological polar surface area (TPSA) is 58.1 Å². The van der Waals surface area contributed by atoms with E-state index in [0.717, 1.165) is 29.0 Å². The number of carbonyl (C=O) groups is 1. The Morgan fingerprint density at radius 2 is 2.24 bits per heavy atom. The molecule has 0 aliphatic carbocycles. The van der Waals surface area contributed by atoms with E-state index in [-0.39, 0.29) is 23.7 Å². The van der Waals surface area contributed by atoms with Crippen LogP contribution in [0.3, 0.4) is 0 Å². The van der Waals surface area contributed by atoms with Crippen LogP contribution in [0.1, 0.15) is 26.7 Å². The van der Waals surface area contributed by atoms with Crippen molar-refractivity contribution in [3.63, 3.8) is 0 Å². The second kappa shape index (κ2) is 7.78. The average Bonchev–Trinajstić information content (AvgIpc) is 3.07. The van der Waals surface area contributed by atoms with Gasteiger partial charge in [0.2, 0.25) is 11.0 Å². The van der Waals surface area contributed by atoms with Gasteiger partial charge in [-0.1, -0.05) is 41.1 Å². The largest absolute Gasteiger partial charge is 0.351 e. The standard InChI is InChI=1S/C17H20BrFN4OS/c1-10(2)15(24)20-12-4-3-7-23(9-12)17-22-21-16(25-17)13-8-11(18)5-6-14(13)19/h5-6,8,10,12H,3-4,7,9H2,1-2H3,(H,20,24). The monoisotopic (exact) mass is 426 g/mol. The van der Waals surface area contributed by atoms with Crippen molar-refractivity contribution >= 4 is 38.3 Å². The van der Waals surface area contributed by atoms with Crippen LogP contribution in [0.2, 0.25) is 0 Å². The van der Waals surface area contributed by atoms with Gasteiger partial charge >= 0.3 is 0 Å². The van der Waals surface area contributed by atoms with Crippen molar-refractivity contribution in [2.45, 2.75) is 32.7 Å². The van der Waals surface area contributed by atoms with Crippen LogP contribution in [0.15, 0.2) is 22.7 Å². The van der Waals surface area contributed by atoms with Crippen molar-refractivity contribution in [2.24, 2.45) is 5.92 Å². The first-order valence-corrected chi connectivity index (χ1v) is 9.89. The molecule has 0 bridgehead atoms. The number of piperidine rings is 1. The molecule has 134 valence electrons. The van der Waals surface area contributed by atoms with E-state index in [1.807, 2.05) is 13.8 Å². The van der Waals surface area contributed by atoms with Crippen LogP contribution in [0.4, 0.5) is 9.52 Å². The fourth-order valence-electron chi connectivity index (χ4n) is 2.75. The predicted octanol–water partition coefficient (Wildman–Crippen LogP) is 3.85. The molecule has 2 aromatic rings. The fraction of sp³-hybridized carbons (Fsp3) is 0.471. The molecule has 1 aliphatic rings. The van der Waals surface area contributed by atoms with Gasteiger partial charge in [0.15, 0.2) is 5.01 Å². The Hall–Kier alpha value is -1.54. The van der Waals surface area contributed by atoms with Crippen molar-refractivity contribution in [1.29, 1.82) is 0 Å². The molecule has 8 heteroatoms. The summed E-state index contributed by atoms with van der Waals surface area (Å²) in [7, 11) is 0. The number of hydrogen-bond donors (Lipinski definition) is 1. The van der Waals surface area contributed by atoms with Crippen molar-refractivity contribution in [3.8, 4) is 10.6 Å². The summed E-state index contributed by atoms with van der Waals surface area (Å²) in [6, 6.07) is 4.90. The Labute approximate surface area is 158 Å². The Morgan fingerprint density at radius 3 is 3.00 bits per heavy atom. The molecule has 1 saturated heterocycles. The fourth-order valence-corrected chi connectivity index (χ4v) is 4.01. The van der Waals surface area contributed by atoms with Gasteiger partial charge in [-0.25, -0.2) is 4.39 Å². The Balaban J connectivity index is 1.73. The first-order valence-electron chi connectivity index (χ1n) is 8.28. The minimum Gasteiger partial charge on any atom is -0.351 e. The number of nitrogens with one attached hydrogen (secondary N) is 1. The lowest BCUT2D eigenvalue weighted by Crippen LogP contribution is -2.48. The first kappa shape index (κ1) is 18.3. The van der Waals surface area contributed by atoms with E-state index in [1.54, 1.807) is 12.1 Å². The molecule has 1 N–H and O–H groups in total. The second-order valence-corrected chi connectivity index (χ2v) is 8.33. The molecule has 0 spiro atoms. The van der Waals surface area contributed by atoms with Gasteiger partial charge in [0.05, 0.1) is 0 Å². The zero-order valence-electron chi connectivity index (χ0n) is 14.1. The quantitative estimate of drug-likeness (QED) is 0.806. The zero-order valence-corrected chi connectivity index (χ0v) is 16.5. The molecule has 1 unspecified atom stereocenters. The summed E-state index contributed by atoms with van der Waals surface area (Å²) in [4.78, 5) is 14.0. The molecular formula is C17H20BrFN4OS. The minimum absolute atomic E-state index is 0.0250. The third-order valence-corrected chi connectivity index (χ3v) is 5.65. The van der Waals surface area contributed by atoms with E-state index in [4.69, 9.17) is 0 Å². The molecule has 1 aromatic heterocycles. The molecule has 1 aromatic carbocycles. The summed E-state index contributed by atoms with van der Waals surface area (Å²) >= 11 is 4.73. The van der Waals surface area contributed by atoms with Crippen LogP contribution in [0, 0.1) is 11.7 Å². The van der Waals surface area contributed by atoms with Gasteiger partial charge in [-0.2, -0.15) is 0 Å². The third-order valence-electron chi connectivity index (χ3n) is 4.14. The highest BCUT2D eigenvalue weighted by molar-refractivity contribution is 9.10. The SMILES string of the molecule is CC(C)C(=O)NC1CCCN(c2nnc(-c3cc(Br)ccc3F)s2)C1. The maximum Gasteiger partial charge on any atom is 0.222 e. The van der Waals surface area contributed by atoms with E-state index < -0.39 is 0 Å². The highest BCUT2D eigenvalue weighted by Gasteiger charge is 2.25. The van der Waals surface area contributed by atoms with Crippen molar-refractivity contribution in [2.75, 3.05) is 18.0 Å². The van der Waals surface area contributed by atoms with Crippen LogP contribution in [0.25, 0.3) is 10.6 Å². The van der Waals surface area contributed by atoms with Crippen LogP contribution >= 0.6 is 27.3 Å². The molecule has 5 nitrogen and oxygen atoms in total. The van der Waals surface area contributed by atoms with Crippen molar-refractivity contribution in [3.05, 3.63) is 28.5 Å². The van der Waals surface area contributed by atoms with E-state index in [1.165, 1.54) is 17.4 Å². The summed E-state index contributed by atoms with van der Waals surface area (Å²) in [6.45, 7) is 5.34. The normalized spacial score (nSPS) is 17.8. The first-order chi connectivity index (χ1) is 11.9. The molecule has 3 rings (SSSR count). The van der Waals surface area contributed by atoms with Crippen LogP contribution in [-0.4, -0.2) is 35.2 Å². The maximum absolute atomic E-state index is 14.0. The van der Waals surface area contributed by atoms with Gasteiger partial charge in [0.25, 0.3) is 0 Å². The average molecular weight is 427 g/mol. The van der Waals surface area contributed by atoms with E-state index in [2.05, 4.69) is 36.3 Å². The van der Waals surface area contributed by atoms with Gasteiger partial charge in [-0.3, -0.25) is 4.79 Å². The summed E-state index contributed by atoms with van der Waals surface area (Å²) in [5, 5.41) is 12.8. The van der Waals surface area contributed by atoms with Gasteiger partial charge in [0.1, 0.15) is 5.82 Å². The second-order valence-electron chi connectivity index (χ2n) is 6.46. The van der Waals surface area contributed by atoms with Crippen LogP contribution in [0.5, 0.6) is 0 Å². The summed E-state index contributed by atoms with van der Waals surface area (Å²) in [5.74, 6) is -0.268. The number of amides is 1. The number of benzene rings is 1. The number of carbonyl (C=O) groups excluding carboxylic acids is 1. The van der Waals surface area contributed by atoms with Gasteiger partial charge in [0, 0.05) is 35.1 Å². The number of aromatic nitrogens is 2. The predicted molar refractivity (Wildman–Crippen MR) is 101 cm³/mol. The molecule has 0 saturated carbocycles. The number of rotatable bonds is 4. The molecule has 25 heavy (non-hydrogen) atoms. The lowest BCUT2D eigenvalue weighted by Gasteiger charge is -2.33. The van der Waals surface area contributed by atoms with Crippen LogP contribution < -0.4 is 10.2 Å². The lowest BCUT2D eigenvalue weighted by molar-refractivity contribution is -0.124. The molecule has 1 amide bonds. The molecule has 1 fully saturated rings. The minimum atomic E-state index is -0.313. The van der Waals surface area contributed by atoms with Gasteiger partial charge < -0.3 is 10.2 Å². The molecule has 1 aliphatic heterocycles. The van der Waals surface area contributed by atoms with E-state index in [9.17, 15) is 9.18 Å². The maximum atomic E-state index is 14.0. The summed E-state index contributed by atoms with van der Waals surface area (Å²) in [5.41, 5.74) is 0.444. The van der Waals surface area contributed by atoms with Gasteiger partial charge in [-0.05, 0) is 31.0 Å². The van der Waals surface area contributed by atoms with Crippen molar-refractivity contribution in [1.82, 2.24) is 15.5 Å². The number of hydrogen-bond acceptors (Lipinski definition) is 5. The highest BCUT2D eigenvalue weighted by atomic mass is 79.9. The van der Waals surface area contributed by atoms with Crippen molar-refractivity contribution < 1.29 is 9.18 Å². The Kier molecular flexibility index (Phi) is 5.68. The number of anilines is 1. The Bertz CT molecular complexity index is 767. The highest BCUT2D eigenvalue weighted by Crippen LogP contribution is 2.33. The summed E-state index contributed by atoms with van der Waals surface area (Å²) in [6.07, 6.45) is 1.93. The molecule has 2 heterocycles. The molecule has 1 atom stereocenters. The number of nitrogens with zero attached hydrogens (tertiary/aromatic N) is 3. The molecule has 0 radical (unpaired) electrons. The van der Waals surface area contributed by atoms with E-state index in [0.29, 0.717) is 17.1 Å².